The summed E-state index contributed by atoms with van der Waals surface area (Å²) in [6, 6.07) is 10.0. The van der Waals surface area contributed by atoms with E-state index < -0.39 is 0 Å². The van der Waals surface area contributed by atoms with Gasteiger partial charge in [0.2, 0.25) is 5.95 Å². The largest absolute Gasteiger partial charge is 0.336 e. The lowest BCUT2D eigenvalue weighted by atomic mass is 10.1. The Labute approximate surface area is 168 Å². The first-order chi connectivity index (χ1) is 14.0. The molecule has 29 heavy (non-hydrogen) atoms. The van der Waals surface area contributed by atoms with E-state index in [0.29, 0.717) is 23.7 Å². The Bertz CT molecular complexity index is 1180. The third kappa shape index (κ3) is 3.87. The number of hydrogen-bond donors (Lipinski definition) is 2. The quantitative estimate of drug-likeness (QED) is 0.519. The minimum atomic E-state index is 0.208. The number of benzene rings is 1. The molecule has 2 N–H and O–H groups in total. The summed E-state index contributed by atoms with van der Waals surface area (Å²) in [7, 11) is 1.86. The van der Waals surface area contributed by atoms with Gasteiger partial charge in [0.1, 0.15) is 0 Å². The standard InChI is InChI=1S/C20H21N9/c1-13(2)29-12-22-17-18(24-16-10-23-28(3)11-16)26-20(27-19(17)29)25-15-6-4-14(5-7-15)8-9-21/h4-7,10-13H,8H2,1-3H3,(H2,24,25,26,27). The molecule has 0 aliphatic rings. The Balaban J connectivity index is 1.72. The lowest BCUT2D eigenvalue weighted by Crippen LogP contribution is -2.05. The fourth-order valence-electron chi connectivity index (χ4n) is 2.99. The van der Waals surface area contributed by atoms with Gasteiger partial charge in [-0.25, -0.2) is 4.98 Å². The van der Waals surface area contributed by atoms with Crippen LogP contribution in [0.4, 0.5) is 23.1 Å². The Kier molecular flexibility index (Phi) is 4.83. The van der Waals surface area contributed by atoms with Gasteiger partial charge in [-0.05, 0) is 31.5 Å². The molecule has 0 saturated carbocycles. The zero-order valence-corrected chi connectivity index (χ0v) is 16.5. The summed E-state index contributed by atoms with van der Waals surface area (Å²) in [6.45, 7) is 4.16. The van der Waals surface area contributed by atoms with Gasteiger partial charge in [0.15, 0.2) is 17.0 Å². The van der Waals surface area contributed by atoms with Gasteiger partial charge >= 0.3 is 0 Å². The highest BCUT2D eigenvalue weighted by Gasteiger charge is 2.16. The molecule has 1 aromatic carbocycles. The molecule has 0 bridgehead atoms. The zero-order valence-electron chi connectivity index (χ0n) is 16.5. The molecule has 0 atom stereocenters. The van der Waals surface area contributed by atoms with Crippen molar-refractivity contribution in [3.8, 4) is 6.07 Å². The van der Waals surface area contributed by atoms with Crippen molar-refractivity contribution in [2.75, 3.05) is 10.6 Å². The Morgan fingerprint density at radius 3 is 2.55 bits per heavy atom. The first-order valence-electron chi connectivity index (χ1n) is 9.26. The monoisotopic (exact) mass is 387 g/mol. The van der Waals surface area contributed by atoms with Crippen LogP contribution in [0.25, 0.3) is 11.2 Å². The number of rotatable bonds is 6. The molecule has 0 aliphatic heterocycles. The second-order valence-corrected chi connectivity index (χ2v) is 7.00. The highest BCUT2D eigenvalue weighted by atomic mass is 15.3. The van der Waals surface area contributed by atoms with Crippen molar-refractivity contribution in [2.24, 2.45) is 7.05 Å². The van der Waals surface area contributed by atoms with Gasteiger partial charge in [0, 0.05) is 25.0 Å². The van der Waals surface area contributed by atoms with Crippen molar-refractivity contribution in [3.63, 3.8) is 0 Å². The van der Waals surface area contributed by atoms with Crippen LogP contribution in [0.5, 0.6) is 0 Å². The maximum atomic E-state index is 8.82. The molecule has 4 aromatic rings. The molecule has 9 heteroatoms. The van der Waals surface area contributed by atoms with E-state index in [1.807, 2.05) is 42.1 Å². The summed E-state index contributed by atoms with van der Waals surface area (Å²) in [6.07, 6.45) is 5.76. The summed E-state index contributed by atoms with van der Waals surface area (Å²) in [5, 5.41) is 19.5. The molecular weight excluding hydrogens is 366 g/mol. The van der Waals surface area contributed by atoms with Crippen molar-refractivity contribution in [1.29, 1.82) is 5.26 Å². The Morgan fingerprint density at radius 2 is 1.90 bits per heavy atom. The molecule has 0 radical (unpaired) electrons. The minimum absolute atomic E-state index is 0.208. The summed E-state index contributed by atoms with van der Waals surface area (Å²) < 4.78 is 3.72. The third-order valence-corrected chi connectivity index (χ3v) is 4.44. The average Bonchev–Trinajstić information content (AvgIpc) is 3.30. The van der Waals surface area contributed by atoms with Crippen LogP contribution in [0.15, 0.2) is 43.0 Å². The number of nitriles is 1. The predicted molar refractivity (Wildman–Crippen MR) is 111 cm³/mol. The van der Waals surface area contributed by atoms with E-state index in [-0.39, 0.29) is 6.04 Å². The van der Waals surface area contributed by atoms with Gasteiger partial charge in [0.25, 0.3) is 0 Å². The molecule has 146 valence electrons. The predicted octanol–water partition coefficient (Wildman–Crippen LogP) is 3.69. The van der Waals surface area contributed by atoms with Gasteiger partial charge in [-0.1, -0.05) is 12.1 Å². The maximum Gasteiger partial charge on any atom is 0.231 e. The fourth-order valence-corrected chi connectivity index (χ4v) is 2.99. The van der Waals surface area contributed by atoms with E-state index in [1.165, 1.54) is 0 Å². The molecule has 0 spiro atoms. The lowest BCUT2D eigenvalue weighted by Gasteiger charge is -2.11. The van der Waals surface area contributed by atoms with Crippen LogP contribution >= 0.6 is 0 Å². The third-order valence-electron chi connectivity index (χ3n) is 4.44. The zero-order chi connectivity index (χ0) is 20.4. The van der Waals surface area contributed by atoms with Crippen LogP contribution in [0.2, 0.25) is 0 Å². The lowest BCUT2D eigenvalue weighted by molar-refractivity contribution is 0.613. The van der Waals surface area contributed by atoms with Crippen LogP contribution in [0, 0.1) is 11.3 Å². The van der Waals surface area contributed by atoms with Crippen molar-refractivity contribution in [1.82, 2.24) is 29.3 Å². The molecule has 3 heterocycles. The average molecular weight is 387 g/mol. The van der Waals surface area contributed by atoms with Crippen molar-refractivity contribution in [2.45, 2.75) is 26.3 Å². The molecule has 0 fully saturated rings. The van der Waals surface area contributed by atoms with Gasteiger partial charge in [-0.15, -0.1) is 0 Å². The minimum Gasteiger partial charge on any atom is -0.336 e. The molecule has 0 aliphatic carbocycles. The van der Waals surface area contributed by atoms with E-state index in [4.69, 9.17) is 5.26 Å². The van der Waals surface area contributed by atoms with Crippen LogP contribution in [-0.2, 0) is 13.5 Å². The van der Waals surface area contributed by atoms with E-state index in [2.05, 4.69) is 50.6 Å². The second-order valence-electron chi connectivity index (χ2n) is 7.00. The summed E-state index contributed by atoms with van der Waals surface area (Å²) in [5.41, 5.74) is 4.06. The van der Waals surface area contributed by atoms with E-state index in [9.17, 15) is 0 Å². The van der Waals surface area contributed by atoms with Gasteiger partial charge in [-0.2, -0.15) is 20.3 Å². The number of aromatic nitrogens is 6. The number of fused-ring (bicyclic) bond motifs is 1. The highest BCUT2D eigenvalue weighted by Crippen LogP contribution is 2.27. The smallest absolute Gasteiger partial charge is 0.231 e. The van der Waals surface area contributed by atoms with Crippen LogP contribution in [0.3, 0.4) is 0 Å². The number of nitrogens with zero attached hydrogens (tertiary/aromatic N) is 7. The Hall–Kier alpha value is -3.93. The fraction of sp³-hybridized carbons (Fsp3) is 0.250. The highest BCUT2D eigenvalue weighted by molar-refractivity contribution is 5.86. The maximum absolute atomic E-state index is 8.82. The van der Waals surface area contributed by atoms with Crippen LogP contribution in [-0.4, -0.2) is 29.3 Å². The molecular formula is C20H21N9. The SMILES string of the molecule is CC(C)n1cnc2c(Nc3cnn(C)c3)nc(Nc3ccc(CC#N)cc3)nc21. The number of anilines is 4. The van der Waals surface area contributed by atoms with Crippen LogP contribution in [0.1, 0.15) is 25.5 Å². The Morgan fingerprint density at radius 1 is 1.10 bits per heavy atom. The number of hydrogen-bond acceptors (Lipinski definition) is 7. The normalized spacial score (nSPS) is 11.0. The molecule has 0 unspecified atom stereocenters. The van der Waals surface area contributed by atoms with E-state index in [1.54, 1.807) is 17.2 Å². The molecule has 0 saturated heterocycles. The van der Waals surface area contributed by atoms with Gasteiger partial charge < -0.3 is 15.2 Å². The van der Waals surface area contributed by atoms with Crippen molar-refractivity contribution >= 4 is 34.3 Å². The van der Waals surface area contributed by atoms with E-state index in [0.717, 1.165) is 22.6 Å². The van der Waals surface area contributed by atoms with Gasteiger partial charge in [0.05, 0.1) is 30.7 Å². The summed E-state index contributed by atoms with van der Waals surface area (Å²) >= 11 is 0. The van der Waals surface area contributed by atoms with Crippen molar-refractivity contribution in [3.05, 3.63) is 48.5 Å². The molecule has 3 aromatic heterocycles. The molecule has 0 amide bonds. The topological polar surface area (TPSA) is 109 Å². The first kappa shape index (κ1) is 18.4. The van der Waals surface area contributed by atoms with Crippen LogP contribution < -0.4 is 10.6 Å². The number of imidazole rings is 1. The summed E-state index contributed by atoms with van der Waals surface area (Å²) in [4.78, 5) is 13.8. The van der Waals surface area contributed by atoms with E-state index >= 15 is 0 Å². The molecule has 4 rings (SSSR count). The number of aryl methyl sites for hydroxylation is 1. The summed E-state index contributed by atoms with van der Waals surface area (Å²) in [5.74, 6) is 1.06. The molecule has 9 nitrogen and oxygen atoms in total. The second kappa shape index (κ2) is 7.59. The van der Waals surface area contributed by atoms with Gasteiger partial charge in [-0.3, -0.25) is 4.68 Å². The number of nitrogens with one attached hydrogen (secondary N) is 2. The first-order valence-corrected chi connectivity index (χ1v) is 9.26. The van der Waals surface area contributed by atoms with Crippen molar-refractivity contribution < 1.29 is 0 Å².